The van der Waals surface area contributed by atoms with Crippen LogP contribution in [0.1, 0.15) is 12.0 Å². The van der Waals surface area contributed by atoms with Gasteiger partial charge in [-0.25, -0.2) is 0 Å². The summed E-state index contributed by atoms with van der Waals surface area (Å²) >= 11 is 16.6. The van der Waals surface area contributed by atoms with Crippen molar-refractivity contribution in [1.29, 1.82) is 0 Å². The molecular formula is C17H18BrClN2S2. The van der Waals surface area contributed by atoms with E-state index >= 15 is 0 Å². The normalized spacial score (nSPS) is 10.4. The van der Waals surface area contributed by atoms with Gasteiger partial charge in [-0.15, -0.1) is 11.8 Å². The molecule has 0 aromatic heterocycles. The number of halogens is 2. The summed E-state index contributed by atoms with van der Waals surface area (Å²) in [5, 5.41) is 7.62. The summed E-state index contributed by atoms with van der Waals surface area (Å²) in [6.45, 7) is 2.94. The molecule has 2 aromatic rings. The highest BCUT2D eigenvalue weighted by molar-refractivity contribution is 9.10. The Kier molecular flexibility index (Phi) is 7.70. The van der Waals surface area contributed by atoms with Crippen molar-refractivity contribution in [2.75, 3.05) is 17.6 Å². The minimum atomic E-state index is 0.615. The maximum absolute atomic E-state index is 6.06. The van der Waals surface area contributed by atoms with Gasteiger partial charge in [0.05, 0.1) is 5.02 Å². The molecule has 0 atom stereocenters. The van der Waals surface area contributed by atoms with Crippen molar-refractivity contribution < 1.29 is 0 Å². The molecule has 122 valence electrons. The Balaban J connectivity index is 1.64. The van der Waals surface area contributed by atoms with Crippen LogP contribution in [0.25, 0.3) is 0 Å². The van der Waals surface area contributed by atoms with Crippen LogP contribution in [0.4, 0.5) is 5.69 Å². The van der Waals surface area contributed by atoms with Crippen molar-refractivity contribution in [3.05, 3.63) is 57.5 Å². The number of benzene rings is 2. The lowest BCUT2D eigenvalue weighted by Crippen LogP contribution is -2.29. The van der Waals surface area contributed by atoms with Crippen LogP contribution in [0.15, 0.2) is 51.8 Å². The third-order valence-electron chi connectivity index (χ3n) is 3.07. The summed E-state index contributed by atoms with van der Waals surface area (Å²) in [6, 6.07) is 14.3. The van der Waals surface area contributed by atoms with Gasteiger partial charge < -0.3 is 10.6 Å². The lowest BCUT2D eigenvalue weighted by molar-refractivity contribution is 0.854. The highest BCUT2D eigenvalue weighted by Gasteiger charge is 2.01. The van der Waals surface area contributed by atoms with Gasteiger partial charge >= 0.3 is 0 Å². The molecule has 0 aliphatic rings. The van der Waals surface area contributed by atoms with Crippen molar-refractivity contribution in [1.82, 2.24) is 5.32 Å². The van der Waals surface area contributed by atoms with E-state index in [4.69, 9.17) is 23.8 Å². The average Bonchev–Trinajstić information content (AvgIpc) is 2.52. The van der Waals surface area contributed by atoms with Crippen molar-refractivity contribution >= 4 is 62.3 Å². The summed E-state index contributed by atoms with van der Waals surface area (Å²) in [5.41, 5.74) is 2.17. The second-order valence-corrected chi connectivity index (χ2v) is 7.86. The van der Waals surface area contributed by atoms with Crippen LogP contribution in [0.5, 0.6) is 0 Å². The number of anilines is 1. The predicted octanol–water partition coefficient (Wildman–Crippen LogP) is 5.88. The molecule has 0 aliphatic carbocycles. The molecule has 0 amide bonds. The summed E-state index contributed by atoms with van der Waals surface area (Å²) < 4.78 is 0.872. The van der Waals surface area contributed by atoms with Gasteiger partial charge in [-0.1, -0.05) is 29.3 Å². The van der Waals surface area contributed by atoms with Crippen LogP contribution in [0.3, 0.4) is 0 Å². The smallest absolute Gasteiger partial charge is 0.170 e. The topological polar surface area (TPSA) is 24.1 Å². The van der Waals surface area contributed by atoms with Gasteiger partial charge in [-0.3, -0.25) is 0 Å². The third-order valence-corrected chi connectivity index (χ3v) is 5.65. The van der Waals surface area contributed by atoms with Crippen LogP contribution in [-0.2, 0) is 0 Å². The molecule has 23 heavy (non-hydrogen) atoms. The number of hydrogen-bond acceptors (Lipinski definition) is 2. The Labute approximate surface area is 160 Å². The van der Waals surface area contributed by atoms with E-state index in [0.717, 1.165) is 28.9 Å². The lowest BCUT2D eigenvalue weighted by Gasteiger charge is -2.11. The minimum absolute atomic E-state index is 0.615. The summed E-state index contributed by atoms with van der Waals surface area (Å²) in [5.74, 6) is 1.06. The van der Waals surface area contributed by atoms with Crippen molar-refractivity contribution in [2.45, 2.75) is 18.2 Å². The summed E-state index contributed by atoms with van der Waals surface area (Å²) in [6.07, 6.45) is 1.04. The van der Waals surface area contributed by atoms with Crippen molar-refractivity contribution in [3.8, 4) is 0 Å². The number of nitrogens with one attached hydrogen (secondary N) is 2. The molecule has 2 aromatic carbocycles. The Morgan fingerprint density at radius 3 is 2.65 bits per heavy atom. The molecule has 0 saturated heterocycles. The van der Waals surface area contributed by atoms with Crippen LogP contribution in [-0.4, -0.2) is 17.4 Å². The molecule has 0 fully saturated rings. The van der Waals surface area contributed by atoms with Gasteiger partial charge in [0.1, 0.15) is 0 Å². The van der Waals surface area contributed by atoms with Gasteiger partial charge in [-0.2, -0.15) is 0 Å². The van der Waals surface area contributed by atoms with E-state index in [1.54, 1.807) is 0 Å². The van der Waals surface area contributed by atoms with Crippen LogP contribution >= 0.6 is 51.5 Å². The van der Waals surface area contributed by atoms with E-state index in [1.807, 2.05) is 30.0 Å². The van der Waals surface area contributed by atoms with Crippen molar-refractivity contribution in [2.24, 2.45) is 0 Å². The first-order valence-electron chi connectivity index (χ1n) is 7.24. The van der Waals surface area contributed by atoms with E-state index in [0.29, 0.717) is 10.1 Å². The van der Waals surface area contributed by atoms with Gasteiger partial charge in [0, 0.05) is 21.6 Å². The Bertz CT molecular complexity index is 662. The highest BCUT2D eigenvalue weighted by Crippen LogP contribution is 2.25. The zero-order chi connectivity index (χ0) is 16.7. The molecule has 0 saturated carbocycles. The van der Waals surface area contributed by atoms with Gasteiger partial charge in [-0.05, 0) is 77.6 Å². The summed E-state index contributed by atoms with van der Waals surface area (Å²) in [4.78, 5) is 1.31. The fraction of sp³-hybridized carbons (Fsp3) is 0.235. The van der Waals surface area contributed by atoms with Crippen LogP contribution < -0.4 is 10.6 Å². The number of thioether (sulfide) groups is 1. The van der Waals surface area contributed by atoms with Gasteiger partial charge in [0.15, 0.2) is 5.11 Å². The molecule has 2 nitrogen and oxygen atoms in total. The molecule has 0 aliphatic heterocycles. The molecule has 6 heteroatoms. The van der Waals surface area contributed by atoms with E-state index in [1.165, 1.54) is 10.5 Å². The largest absolute Gasteiger partial charge is 0.362 e. The van der Waals surface area contributed by atoms with Crippen LogP contribution in [0, 0.1) is 6.92 Å². The Morgan fingerprint density at radius 1 is 1.22 bits per heavy atom. The Morgan fingerprint density at radius 2 is 1.96 bits per heavy atom. The highest BCUT2D eigenvalue weighted by atomic mass is 79.9. The third kappa shape index (κ3) is 6.71. The lowest BCUT2D eigenvalue weighted by atomic mass is 10.2. The number of rotatable bonds is 6. The molecule has 2 N–H and O–H groups in total. The van der Waals surface area contributed by atoms with Crippen LogP contribution in [0.2, 0.25) is 5.02 Å². The predicted molar refractivity (Wildman–Crippen MR) is 110 cm³/mol. The first-order chi connectivity index (χ1) is 11.0. The molecule has 0 heterocycles. The second-order valence-electron chi connectivity index (χ2n) is 5.02. The van der Waals surface area contributed by atoms with E-state index in [-0.39, 0.29) is 0 Å². The van der Waals surface area contributed by atoms with E-state index in [9.17, 15) is 0 Å². The molecule has 0 unspecified atom stereocenters. The quantitative estimate of drug-likeness (QED) is 0.340. The molecule has 2 rings (SSSR count). The fourth-order valence-corrected chi connectivity index (χ4v) is 3.35. The molecular weight excluding hydrogens is 412 g/mol. The Hall–Kier alpha value is -0.750. The zero-order valence-corrected chi connectivity index (χ0v) is 16.7. The molecule has 0 radical (unpaired) electrons. The fourth-order valence-electron chi connectivity index (χ4n) is 1.85. The molecule has 0 spiro atoms. The van der Waals surface area contributed by atoms with Gasteiger partial charge in [0.25, 0.3) is 0 Å². The molecule has 0 bridgehead atoms. The van der Waals surface area contributed by atoms with E-state index < -0.39 is 0 Å². The number of aryl methyl sites for hydroxylation is 1. The second kappa shape index (κ2) is 9.52. The maximum atomic E-state index is 6.06. The van der Waals surface area contributed by atoms with Gasteiger partial charge in [0.2, 0.25) is 0 Å². The minimum Gasteiger partial charge on any atom is -0.362 e. The zero-order valence-electron chi connectivity index (χ0n) is 12.7. The van der Waals surface area contributed by atoms with Crippen molar-refractivity contribution in [3.63, 3.8) is 0 Å². The first-order valence-corrected chi connectivity index (χ1v) is 9.80. The monoisotopic (exact) mass is 428 g/mol. The standard InChI is InChI=1S/C17H18BrClN2S2/c1-12-3-6-14(7-4-12)23-10-2-9-20-17(22)21-13-5-8-15(18)16(19)11-13/h3-8,11H,2,9-10H2,1H3,(H2,20,21,22). The summed E-state index contributed by atoms with van der Waals surface area (Å²) in [7, 11) is 0. The number of thiocarbonyl (C=S) groups is 1. The first kappa shape index (κ1) is 18.6. The maximum Gasteiger partial charge on any atom is 0.170 e. The number of hydrogen-bond donors (Lipinski definition) is 2. The van der Waals surface area contributed by atoms with E-state index in [2.05, 4.69) is 57.8 Å². The average molecular weight is 430 g/mol. The SMILES string of the molecule is Cc1ccc(SCCCNC(=S)Nc2ccc(Br)c(Cl)c2)cc1.